The maximum Gasteiger partial charge on any atom is 0.219 e. The van der Waals surface area contributed by atoms with E-state index < -0.39 is 5.78 Å². The molecule has 0 bridgehead atoms. The number of H-pyrrole nitrogens is 1. The minimum absolute atomic E-state index is 0.0747. The summed E-state index contributed by atoms with van der Waals surface area (Å²) >= 11 is 12.0. The third-order valence-corrected chi connectivity index (χ3v) is 3.65. The number of ketones is 1. The van der Waals surface area contributed by atoms with Gasteiger partial charge in [-0.05, 0) is 30.3 Å². The molecule has 0 fully saturated rings. The Balaban J connectivity index is 2.10. The third kappa shape index (κ3) is 2.56. The summed E-state index contributed by atoms with van der Waals surface area (Å²) in [6.07, 6.45) is 0. The van der Waals surface area contributed by atoms with Crippen LogP contribution in [0.15, 0.2) is 42.5 Å². The van der Waals surface area contributed by atoms with Gasteiger partial charge in [0.2, 0.25) is 5.78 Å². The molecule has 0 aliphatic rings. The monoisotopic (exact) mass is 333 g/mol. The Morgan fingerprint density at radius 3 is 2.59 bits per heavy atom. The molecule has 1 aromatic heterocycles. The van der Waals surface area contributed by atoms with Gasteiger partial charge in [-0.15, -0.1) is 0 Å². The van der Waals surface area contributed by atoms with Crippen molar-refractivity contribution in [2.75, 3.05) is 0 Å². The van der Waals surface area contributed by atoms with Gasteiger partial charge in [0, 0.05) is 10.6 Å². The van der Waals surface area contributed by atoms with Crippen LogP contribution in [0.4, 0.5) is 0 Å². The van der Waals surface area contributed by atoms with E-state index >= 15 is 0 Å². The molecule has 0 aliphatic heterocycles. The van der Waals surface area contributed by atoms with E-state index in [0.29, 0.717) is 21.3 Å². The van der Waals surface area contributed by atoms with Crippen LogP contribution in [0.1, 0.15) is 16.1 Å². The predicted octanol–water partition coefficient (Wildman–Crippen LogP) is 3.72. The van der Waals surface area contributed by atoms with Crippen molar-refractivity contribution in [1.82, 2.24) is 15.4 Å². The number of para-hydroxylation sites is 1. The Kier molecular flexibility index (Phi) is 3.83. The van der Waals surface area contributed by atoms with E-state index in [4.69, 9.17) is 23.2 Å². The number of nitrogens with zero attached hydrogens (tertiary/aromatic N) is 2. The molecule has 2 N–H and O–H groups in total. The molecular weight excluding hydrogens is 325 g/mol. The highest BCUT2D eigenvalue weighted by Gasteiger charge is 2.22. The number of phenolic OH excluding ortho intramolecular Hbond substituents is 1. The number of hydrogen-bond acceptors (Lipinski definition) is 4. The zero-order chi connectivity index (χ0) is 15.7. The van der Waals surface area contributed by atoms with Crippen molar-refractivity contribution in [3.05, 3.63) is 63.8 Å². The van der Waals surface area contributed by atoms with Gasteiger partial charge in [-0.3, -0.25) is 4.79 Å². The maximum atomic E-state index is 12.5. The normalized spacial score (nSPS) is 10.6. The summed E-state index contributed by atoms with van der Waals surface area (Å²) in [5, 5.41) is 20.9. The highest BCUT2D eigenvalue weighted by atomic mass is 35.5. The van der Waals surface area contributed by atoms with Crippen LogP contribution >= 0.6 is 23.2 Å². The number of phenols is 1. The Hall–Kier alpha value is -2.37. The van der Waals surface area contributed by atoms with E-state index in [9.17, 15) is 9.90 Å². The lowest BCUT2D eigenvalue weighted by Crippen LogP contribution is -2.04. The highest BCUT2D eigenvalue weighted by molar-refractivity contribution is 6.36. The van der Waals surface area contributed by atoms with Gasteiger partial charge < -0.3 is 5.11 Å². The first-order chi connectivity index (χ1) is 10.6. The molecule has 2 aromatic carbocycles. The number of rotatable bonds is 3. The fourth-order valence-electron chi connectivity index (χ4n) is 2.05. The van der Waals surface area contributed by atoms with Crippen molar-refractivity contribution in [3.63, 3.8) is 0 Å². The molecule has 0 saturated heterocycles. The van der Waals surface area contributed by atoms with E-state index in [1.54, 1.807) is 30.3 Å². The highest BCUT2D eigenvalue weighted by Crippen LogP contribution is 2.32. The molecule has 0 amide bonds. The van der Waals surface area contributed by atoms with Crippen molar-refractivity contribution in [2.24, 2.45) is 0 Å². The lowest BCUT2D eigenvalue weighted by Gasteiger charge is -2.05. The number of carbonyl (C=O) groups is 1. The third-order valence-electron chi connectivity index (χ3n) is 3.10. The standard InChI is InChI=1S/C15H9Cl2N3O2/c16-8-5-6-9(11(17)7-8)13-14(19-20-18-13)15(22)10-3-1-2-4-12(10)21/h1-7,21H,(H,18,19,20). The van der Waals surface area contributed by atoms with Crippen LogP contribution in [-0.2, 0) is 0 Å². The van der Waals surface area contributed by atoms with Gasteiger partial charge in [-0.1, -0.05) is 35.3 Å². The lowest BCUT2D eigenvalue weighted by molar-refractivity contribution is 0.103. The number of carbonyl (C=O) groups excluding carboxylic acids is 1. The van der Waals surface area contributed by atoms with Crippen LogP contribution in [0.3, 0.4) is 0 Å². The molecule has 3 aromatic rings. The fourth-order valence-corrected chi connectivity index (χ4v) is 2.55. The molecular formula is C15H9Cl2N3O2. The van der Waals surface area contributed by atoms with Crippen molar-refractivity contribution in [3.8, 4) is 17.0 Å². The van der Waals surface area contributed by atoms with E-state index in [2.05, 4.69) is 15.4 Å². The second kappa shape index (κ2) is 5.79. The van der Waals surface area contributed by atoms with Crippen molar-refractivity contribution < 1.29 is 9.90 Å². The molecule has 5 nitrogen and oxygen atoms in total. The largest absolute Gasteiger partial charge is 0.507 e. The van der Waals surface area contributed by atoms with Crippen molar-refractivity contribution >= 4 is 29.0 Å². The van der Waals surface area contributed by atoms with Gasteiger partial charge >= 0.3 is 0 Å². The molecule has 0 atom stereocenters. The topological polar surface area (TPSA) is 78.9 Å². The molecule has 3 rings (SSSR count). The second-order valence-corrected chi connectivity index (χ2v) is 5.33. The van der Waals surface area contributed by atoms with Gasteiger partial charge in [-0.2, -0.15) is 15.4 Å². The molecule has 110 valence electrons. The van der Waals surface area contributed by atoms with Crippen molar-refractivity contribution in [1.29, 1.82) is 0 Å². The molecule has 0 radical (unpaired) electrons. The Bertz CT molecular complexity index is 861. The van der Waals surface area contributed by atoms with Crippen LogP contribution < -0.4 is 0 Å². The molecule has 0 unspecified atom stereocenters. The Morgan fingerprint density at radius 1 is 1.09 bits per heavy atom. The van der Waals surface area contributed by atoms with Crippen LogP contribution in [-0.4, -0.2) is 26.3 Å². The molecule has 0 spiro atoms. The summed E-state index contributed by atoms with van der Waals surface area (Å²) in [5.74, 6) is -0.573. The van der Waals surface area contributed by atoms with Crippen LogP contribution in [0.2, 0.25) is 10.0 Å². The Labute approximate surface area is 135 Å². The van der Waals surface area contributed by atoms with Crippen LogP contribution in [0.25, 0.3) is 11.3 Å². The summed E-state index contributed by atoms with van der Waals surface area (Å²) in [5.41, 5.74) is 1.04. The summed E-state index contributed by atoms with van der Waals surface area (Å²) < 4.78 is 0. The average Bonchev–Trinajstić information content (AvgIpc) is 2.96. The van der Waals surface area contributed by atoms with E-state index in [0.717, 1.165) is 0 Å². The molecule has 0 saturated carbocycles. The summed E-state index contributed by atoms with van der Waals surface area (Å²) in [4.78, 5) is 12.5. The van der Waals surface area contributed by atoms with Gasteiger partial charge in [0.05, 0.1) is 10.6 Å². The minimum Gasteiger partial charge on any atom is -0.507 e. The van der Waals surface area contributed by atoms with Crippen molar-refractivity contribution in [2.45, 2.75) is 0 Å². The van der Waals surface area contributed by atoms with Crippen LogP contribution in [0.5, 0.6) is 5.75 Å². The number of halogens is 2. The number of aromatic amines is 1. The van der Waals surface area contributed by atoms with Gasteiger partial charge in [0.15, 0.2) is 5.69 Å². The average molecular weight is 334 g/mol. The lowest BCUT2D eigenvalue weighted by atomic mass is 10.0. The number of benzene rings is 2. The van der Waals surface area contributed by atoms with Crippen LogP contribution in [0, 0.1) is 0 Å². The van der Waals surface area contributed by atoms with Gasteiger partial charge in [0.25, 0.3) is 0 Å². The first kappa shape index (κ1) is 14.6. The van der Waals surface area contributed by atoms with E-state index in [1.165, 1.54) is 12.1 Å². The zero-order valence-electron chi connectivity index (χ0n) is 11.0. The SMILES string of the molecule is O=C(c1ccccc1O)c1n[nH]nc1-c1ccc(Cl)cc1Cl. The smallest absolute Gasteiger partial charge is 0.219 e. The zero-order valence-corrected chi connectivity index (χ0v) is 12.6. The van der Waals surface area contributed by atoms with Gasteiger partial charge in [0.1, 0.15) is 11.4 Å². The quantitative estimate of drug-likeness (QED) is 0.716. The fraction of sp³-hybridized carbons (Fsp3) is 0. The molecule has 22 heavy (non-hydrogen) atoms. The number of nitrogens with one attached hydrogen (secondary N) is 1. The first-order valence-electron chi connectivity index (χ1n) is 6.27. The van der Waals surface area contributed by atoms with E-state index in [-0.39, 0.29) is 17.0 Å². The summed E-state index contributed by atoms with van der Waals surface area (Å²) in [6, 6.07) is 11.1. The first-order valence-corrected chi connectivity index (χ1v) is 7.02. The number of aromatic nitrogens is 3. The molecule has 0 aliphatic carbocycles. The van der Waals surface area contributed by atoms with Gasteiger partial charge in [-0.25, -0.2) is 0 Å². The maximum absolute atomic E-state index is 12.5. The summed E-state index contributed by atoms with van der Waals surface area (Å²) in [7, 11) is 0. The summed E-state index contributed by atoms with van der Waals surface area (Å²) in [6.45, 7) is 0. The molecule has 7 heteroatoms. The number of hydrogen-bond donors (Lipinski definition) is 2. The minimum atomic E-state index is -0.451. The Morgan fingerprint density at radius 2 is 1.86 bits per heavy atom. The number of aromatic hydroxyl groups is 1. The second-order valence-electron chi connectivity index (χ2n) is 4.49. The van der Waals surface area contributed by atoms with E-state index in [1.807, 2.05) is 0 Å². The molecule has 1 heterocycles. The predicted molar refractivity (Wildman–Crippen MR) is 83.4 cm³/mol.